The molecule has 2 amide bonds. The molecule has 7 nitrogen and oxygen atoms in total. The Kier molecular flexibility index (Phi) is 6.25. The van der Waals surface area contributed by atoms with Crippen molar-refractivity contribution in [3.63, 3.8) is 0 Å². The van der Waals surface area contributed by atoms with Gasteiger partial charge in [-0.3, -0.25) is 14.4 Å². The van der Waals surface area contributed by atoms with E-state index in [9.17, 15) is 27.6 Å². The number of alkyl halides is 3. The first-order valence-corrected chi connectivity index (χ1v) is 10.4. The number of ketones is 1. The minimum atomic E-state index is -5.19. The van der Waals surface area contributed by atoms with Crippen molar-refractivity contribution < 1.29 is 37.0 Å². The lowest BCUT2D eigenvalue weighted by Crippen LogP contribution is -2.66. The molecular formula is C23H27F3N2O5. The SMILES string of the molecule is COc1ccc(CCN2C(=O)[C@](NC(C)=O)(C(F)(F)F)C3=C2CC(C)(C)CC3=O)cc1OC. The molecule has 0 spiro atoms. The van der Waals surface area contributed by atoms with Gasteiger partial charge in [0.25, 0.3) is 5.91 Å². The number of ether oxygens (including phenoxy) is 2. The van der Waals surface area contributed by atoms with E-state index in [-0.39, 0.29) is 31.5 Å². The van der Waals surface area contributed by atoms with Crippen LogP contribution in [0.5, 0.6) is 11.5 Å². The summed E-state index contributed by atoms with van der Waals surface area (Å²) in [7, 11) is 2.94. The Morgan fingerprint density at radius 2 is 1.76 bits per heavy atom. The second-order valence-electron chi connectivity index (χ2n) is 9.09. The van der Waals surface area contributed by atoms with Crippen molar-refractivity contribution in [2.75, 3.05) is 20.8 Å². The molecule has 0 unspecified atom stereocenters. The van der Waals surface area contributed by atoms with Crippen molar-refractivity contribution in [2.45, 2.75) is 51.7 Å². The van der Waals surface area contributed by atoms with Crippen LogP contribution in [-0.4, -0.2) is 55.0 Å². The molecule has 33 heavy (non-hydrogen) atoms. The number of Topliss-reactive ketones (excluding diaryl/α,β-unsaturated/α-hetero) is 1. The van der Waals surface area contributed by atoms with E-state index in [1.165, 1.54) is 14.2 Å². The van der Waals surface area contributed by atoms with Crippen molar-refractivity contribution in [1.29, 1.82) is 0 Å². The molecule has 1 aromatic rings. The Balaban J connectivity index is 2.06. The van der Waals surface area contributed by atoms with Crippen molar-refractivity contribution in [2.24, 2.45) is 5.41 Å². The van der Waals surface area contributed by atoms with E-state index < -0.39 is 40.3 Å². The first-order chi connectivity index (χ1) is 15.3. The van der Waals surface area contributed by atoms with Crippen LogP contribution in [0.3, 0.4) is 0 Å². The minimum absolute atomic E-state index is 0.0211. The monoisotopic (exact) mass is 468 g/mol. The van der Waals surface area contributed by atoms with E-state index in [1.807, 2.05) is 0 Å². The van der Waals surface area contributed by atoms with Gasteiger partial charge in [-0.2, -0.15) is 13.2 Å². The fourth-order valence-corrected chi connectivity index (χ4v) is 4.60. The summed E-state index contributed by atoms with van der Waals surface area (Å²) in [5.41, 5.74) is -3.95. The normalized spacial score (nSPS) is 22.4. The number of allylic oxidation sites excluding steroid dienone is 1. The maximum absolute atomic E-state index is 14.4. The van der Waals surface area contributed by atoms with Crippen LogP contribution in [0, 0.1) is 5.41 Å². The Morgan fingerprint density at radius 1 is 1.12 bits per heavy atom. The maximum Gasteiger partial charge on any atom is 0.425 e. The molecule has 1 aliphatic heterocycles. The number of hydrogen-bond acceptors (Lipinski definition) is 5. The topological polar surface area (TPSA) is 84.9 Å². The third-order valence-corrected chi connectivity index (χ3v) is 5.98. The van der Waals surface area contributed by atoms with Gasteiger partial charge in [-0.25, -0.2) is 0 Å². The standard InChI is InChI=1S/C23H27F3N2O5/c1-13(29)27-22(23(24,25)26)19-15(11-21(2,3)12-16(19)30)28(20(22)31)9-8-14-6-7-17(32-4)18(10-14)33-5/h6-7,10H,8-9,11-12H2,1-5H3,(H,27,29)/t22-/m0/s1. The first-order valence-electron chi connectivity index (χ1n) is 10.4. The summed E-state index contributed by atoms with van der Waals surface area (Å²) in [6.45, 7) is 4.31. The number of nitrogens with one attached hydrogen (secondary N) is 1. The Hall–Kier alpha value is -3.04. The van der Waals surface area contributed by atoms with E-state index in [0.29, 0.717) is 17.1 Å². The van der Waals surface area contributed by atoms with Crippen LogP contribution in [0.1, 0.15) is 39.2 Å². The highest BCUT2D eigenvalue weighted by atomic mass is 19.4. The van der Waals surface area contributed by atoms with Gasteiger partial charge in [0.2, 0.25) is 11.4 Å². The predicted molar refractivity (Wildman–Crippen MR) is 113 cm³/mol. The summed E-state index contributed by atoms with van der Waals surface area (Å²) < 4.78 is 53.7. The van der Waals surface area contributed by atoms with E-state index in [4.69, 9.17) is 9.47 Å². The zero-order chi connectivity index (χ0) is 24.8. The van der Waals surface area contributed by atoms with Crippen LogP contribution in [0.2, 0.25) is 0 Å². The molecule has 1 atom stereocenters. The van der Waals surface area contributed by atoms with Gasteiger partial charge in [0.1, 0.15) is 0 Å². The fourth-order valence-electron chi connectivity index (χ4n) is 4.60. The summed E-state index contributed by atoms with van der Waals surface area (Å²) >= 11 is 0. The fraction of sp³-hybridized carbons (Fsp3) is 0.522. The Labute approximate surface area is 189 Å². The molecule has 10 heteroatoms. The van der Waals surface area contributed by atoms with Crippen LogP contribution in [0.4, 0.5) is 13.2 Å². The molecule has 1 heterocycles. The average molecular weight is 468 g/mol. The van der Waals surface area contributed by atoms with Crippen LogP contribution in [-0.2, 0) is 20.8 Å². The maximum atomic E-state index is 14.4. The number of benzene rings is 1. The number of halogens is 3. The summed E-state index contributed by atoms with van der Waals surface area (Å²) in [4.78, 5) is 39.1. The molecule has 0 aromatic heterocycles. The second-order valence-corrected chi connectivity index (χ2v) is 9.09. The number of nitrogens with zero attached hydrogens (tertiary/aromatic N) is 1. The quantitative estimate of drug-likeness (QED) is 0.693. The molecule has 0 saturated heterocycles. The second kappa shape index (κ2) is 8.39. The minimum Gasteiger partial charge on any atom is -0.493 e. The lowest BCUT2D eigenvalue weighted by molar-refractivity contribution is -0.194. The van der Waals surface area contributed by atoms with E-state index >= 15 is 0 Å². The van der Waals surface area contributed by atoms with Crippen LogP contribution in [0.15, 0.2) is 29.5 Å². The molecule has 2 aliphatic rings. The summed E-state index contributed by atoms with van der Waals surface area (Å²) in [5, 5.41) is 1.79. The van der Waals surface area contributed by atoms with Gasteiger partial charge in [0, 0.05) is 25.6 Å². The van der Waals surface area contributed by atoms with Gasteiger partial charge in [0.15, 0.2) is 17.3 Å². The third kappa shape index (κ3) is 4.18. The van der Waals surface area contributed by atoms with Gasteiger partial charge in [-0.1, -0.05) is 19.9 Å². The predicted octanol–water partition coefficient (Wildman–Crippen LogP) is 3.17. The van der Waals surface area contributed by atoms with Gasteiger partial charge in [-0.15, -0.1) is 0 Å². The first kappa shape index (κ1) is 24.6. The van der Waals surface area contributed by atoms with Gasteiger partial charge in [-0.05, 0) is 36.0 Å². The van der Waals surface area contributed by atoms with Crippen molar-refractivity contribution in [1.82, 2.24) is 10.2 Å². The third-order valence-electron chi connectivity index (χ3n) is 5.98. The largest absolute Gasteiger partial charge is 0.493 e. The molecular weight excluding hydrogens is 441 g/mol. The number of carbonyl (C=O) groups is 3. The lowest BCUT2D eigenvalue weighted by Gasteiger charge is -2.35. The molecule has 0 fully saturated rings. The molecule has 180 valence electrons. The molecule has 1 aliphatic carbocycles. The van der Waals surface area contributed by atoms with Crippen molar-refractivity contribution in [3.05, 3.63) is 35.0 Å². The lowest BCUT2D eigenvalue weighted by atomic mass is 9.72. The number of methoxy groups -OCH3 is 2. The molecule has 0 bridgehead atoms. The Bertz CT molecular complexity index is 1030. The number of rotatable bonds is 6. The summed E-state index contributed by atoms with van der Waals surface area (Å²) in [6.07, 6.45) is -5.04. The highest BCUT2D eigenvalue weighted by Gasteiger charge is 2.71. The zero-order valence-corrected chi connectivity index (χ0v) is 19.2. The number of hydrogen-bond donors (Lipinski definition) is 1. The van der Waals surface area contributed by atoms with E-state index in [2.05, 4.69) is 0 Å². The van der Waals surface area contributed by atoms with Gasteiger partial charge in [0.05, 0.1) is 19.8 Å². The molecule has 1 N–H and O–H groups in total. The zero-order valence-electron chi connectivity index (χ0n) is 19.2. The van der Waals surface area contributed by atoms with Crippen LogP contribution in [0.25, 0.3) is 0 Å². The average Bonchev–Trinajstić information content (AvgIpc) is 2.93. The number of carbonyl (C=O) groups excluding carboxylic acids is 3. The van der Waals surface area contributed by atoms with Crippen LogP contribution >= 0.6 is 0 Å². The Morgan fingerprint density at radius 3 is 2.30 bits per heavy atom. The molecule has 0 saturated carbocycles. The van der Waals surface area contributed by atoms with Gasteiger partial charge >= 0.3 is 6.18 Å². The summed E-state index contributed by atoms with van der Waals surface area (Å²) in [6, 6.07) is 5.06. The number of amides is 2. The molecule has 0 radical (unpaired) electrons. The highest BCUT2D eigenvalue weighted by molar-refractivity contribution is 6.13. The van der Waals surface area contributed by atoms with E-state index in [0.717, 1.165) is 11.8 Å². The van der Waals surface area contributed by atoms with Crippen LogP contribution < -0.4 is 14.8 Å². The van der Waals surface area contributed by atoms with Gasteiger partial charge < -0.3 is 19.7 Å². The van der Waals surface area contributed by atoms with E-state index in [1.54, 1.807) is 37.4 Å². The smallest absolute Gasteiger partial charge is 0.425 e. The van der Waals surface area contributed by atoms with Crippen molar-refractivity contribution in [3.8, 4) is 11.5 Å². The molecule has 1 aromatic carbocycles. The molecule has 3 rings (SSSR count). The summed E-state index contributed by atoms with van der Waals surface area (Å²) in [5.74, 6) is -2.26. The highest BCUT2D eigenvalue weighted by Crippen LogP contribution is 2.51. The van der Waals surface area contributed by atoms with Crippen molar-refractivity contribution >= 4 is 17.6 Å².